The molecular weight excluding hydrogens is 1260 g/mol. The van der Waals surface area contributed by atoms with E-state index in [1.165, 1.54) is 48.5 Å². The molecule has 0 saturated carbocycles. The standard InChI is InChI=1S/C64H70N16O17/c1-6-79-43(25-33(3)73-79)40-13-12-38-39-28-37(57(66)89)31-68-58(39)78(59(38)70-40)22-9-8-21-77-51-42(71-63(77)72-60(90)44-26-34(4)74-80(44)7-2)29-36(56(65)88)30-46(51)94-24-10-20-75(5)64(93)95-32-35-11-14-45(96-62-54(87)52(85)53(86)55(97-62)61(91)92)41(27-35)69-48(82)17-19-67-47(81)18-23-76-49(83)15-16-50(76)84/h8-9,11-16,25-31,52-55,62,85-87H,6-7,10,17-24,32H2,1-5H3,(H2,65,88)(H2,66,89)(H,67,81)(H,69,82)(H,91,92)(H,71,72,90)/b9-8+/t52-,53-,54+,55-,62+/m0/s1. The number of allylic oxidation sites excluding steroid dienone is 2. The van der Waals surface area contributed by atoms with Gasteiger partial charge in [0.15, 0.2) is 6.10 Å². The number of nitrogens with two attached hydrogens (primary N) is 2. The maximum atomic E-state index is 14.1. The minimum Gasteiger partial charge on any atom is -0.491 e. The number of imidazole rings is 1. The number of carbonyl (C=O) groups excluding carboxylic acids is 8. The number of imide groups is 1. The first-order chi connectivity index (χ1) is 46.4. The zero-order chi connectivity index (χ0) is 69.5. The number of rotatable bonds is 28. The molecule has 5 atom stereocenters. The molecule has 10 rings (SSSR count). The van der Waals surface area contributed by atoms with Crippen molar-refractivity contribution in [2.24, 2.45) is 11.5 Å². The zero-order valence-electron chi connectivity index (χ0n) is 53.2. The molecule has 33 nitrogen and oxygen atoms in total. The summed E-state index contributed by atoms with van der Waals surface area (Å²) in [5, 5.41) is 59.5. The highest BCUT2D eigenvalue weighted by Crippen LogP contribution is 2.35. The fourth-order valence-corrected chi connectivity index (χ4v) is 11.0. The Morgan fingerprint density at radius 3 is 2.18 bits per heavy atom. The SMILES string of the molecule is CCn1nc(C)cc1C(=O)Nc1nc2cc(C(N)=O)cc(OCCCN(C)C(=O)OCc3ccc(O[C@@H]4O[C@H](C(=O)O)[C@@H](O)[C@H](O)[C@H]4O)c(NC(=O)CCNC(=O)CCN4C(=O)C=CC4=O)c3)c2n1C/C=C/Cn1c2ncc(C(N)=O)cc2c2ccc(-c3cc(C)nn3CC)nc21. The van der Waals surface area contributed by atoms with E-state index in [2.05, 4.69) is 31.1 Å². The predicted octanol–water partition coefficient (Wildman–Crippen LogP) is 2.43. The number of ether oxygens (including phenoxy) is 4. The number of nitrogens with one attached hydrogen (secondary N) is 3. The largest absolute Gasteiger partial charge is 0.491 e. The van der Waals surface area contributed by atoms with Crippen LogP contribution in [0.25, 0.3) is 44.5 Å². The van der Waals surface area contributed by atoms with Crippen LogP contribution in [0, 0.1) is 13.8 Å². The lowest BCUT2D eigenvalue weighted by atomic mass is 9.99. The van der Waals surface area contributed by atoms with E-state index < -0.39 is 90.7 Å². The smallest absolute Gasteiger partial charge is 0.409 e. The topological polar surface area (TPSA) is 450 Å². The van der Waals surface area contributed by atoms with Crippen molar-refractivity contribution in [3.05, 3.63) is 125 Å². The summed E-state index contributed by atoms with van der Waals surface area (Å²) in [4.78, 5) is 131. The van der Waals surface area contributed by atoms with Crippen LogP contribution in [0.1, 0.15) is 81.3 Å². The first-order valence-corrected chi connectivity index (χ1v) is 30.7. The van der Waals surface area contributed by atoms with E-state index in [4.69, 9.17) is 40.4 Å². The molecule has 2 aliphatic rings. The van der Waals surface area contributed by atoms with Crippen molar-refractivity contribution in [3.8, 4) is 22.9 Å². The third-order valence-corrected chi connectivity index (χ3v) is 15.9. The van der Waals surface area contributed by atoms with Gasteiger partial charge in [0.2, 0.25) is 35.9 Å². The number of primary amides is 2. The lowest BCUT2D eigenvalue weighted by Gasteiger charge is -2.38. The van der Waals surface area contributed by atoms with Crippen LogP contribution < -0.4 is 36.9 Å². The number of aryl methyl sites for hydroxylation is 4. The summed E-state index contributed by atoms with van der Waals surface area (Å²) in [6.07, 6.45) is -3.81. The van der Waals surface area contributed by atoms with E-state index in [1.807, 2.05) is 60.4 Å². The van der Waals surface area contributed by atoms with E-state index in [9.17, 15) is 63.6 Å². The van der Waals surface area contributed by atoms with Crippen molar-refractivity contribution in [1.82, 2.24) is 58.8 Å². The molecule has 6 aromatic heterocycles. The van der Waals surface area contributed by atoms with Gasteiger partial charge in [-0.3, -0.25) is 53.1 Å². The quantitative estimate of drug-likeness (QED) is 0.0193. The van der Waals surface area contributed by atoms with Gasteiger partial charge in [0.1, 0.15) is 58.9 Å². The first-order valence-electron chi connectivity index (χ1n) is 30.7. The monoisotopic (exact) mass is 1330 g/mol. The van der Waals surface area contributed by atoms with E-state index in [0.29, 0.717) is 46.7 Å². The number of hydrogen-bond donors (Lipinski definition) is 9. The molecule has 8 heterocycles. The van der Waals surface area contributed by atoms with Crippen LogP contribution in [0.15, 0.2) is 91.2 Å². The second-order valence-electron chi connectivity index (χ2n) is 22.7. The first kappa shape index (κ1) is 68.4. The van der Waals surface area contributed by atoms with Crippen molar-refractivity contribution < 1.29 is 82.5 Å². The number of carboxylic acids is 1. The highest BCUT2D eigenvalue weighted by Gasteiger charge is 2.48. The van der Waals surface area contributed by atoms with Crippen LogP contribution in [0.2, 0.25) is 0 Å². The number of amides is 8. The summed E-state index contributed by atoms with van der Waals surface area (Å²) in [6, 6.07) is 16.0. The van der Waals surface area contributed by atoms with Crippen molar-refractivity contribution in [3.63, 3.8) is 0 Å². The Morgan fingerprint density at radius 1 is 0.753 bits per heavy atom. The summed E-state index contributed by atoms with van der Waals surface area (Å²) in [7, 11) is 1.47. The molecule has 0 spiro atoms. The number of aliphatic carboxylic acids is 1. The summed E-state index contributed by atoms with van der Waals surface area (Å²) >= 11 is 0. The molecule has 8 amide bonds. The van der Waals surface area contributed by atoms with Crippen molar-refractivity contribution in [2.75, 3.05) is 43.9 Å². The molecule has 8 aromatic rings. The predicted molar refractivity (Wildman–Crippen MR) is 344 cm³/mol. The van der Waals surface area contributed by atoms with Crippen LogP contribution in [0.5, 0.6) is 11.5 Å². The van der Waals surface area contributed by atoms with E-state index in [1.54, 1.807) is 28.3 Å². The molecule has 0 unspecified atom stereocenters. The molecule has 97 heavy (non-hydrogen) atoms. The number of nitrogens with zero attached hydrogens (tertiary/aromatic N) is 11. The molecule has 2 aliphatic heterocycles. The highest BCUT2D eigenvalue weighted by molar-refractivity contribution is 6.13. The number of carboxylic acid groups (broad SMARTS) is 1. The Bertz CT molecular complexity index is 4470. The minimum atomic E-state index is -2.03. The van der Waals surface area contributed by atoms with Gasteiger partial charge >= 0.3 is 12.1 Å². The molecule has 1 fully saturated rings. The van der Waals surface area contributed by atoms with Gasteiger partial charge in [0.25, 0.3) is 17.7 Å². The highest BCUT2D eigenvalue weighted by atomic mass is 16.7. The summed E-state index contributed by atoms with van der Waals surface area (Å²) in [5.74, 6) is -6.00. The van der Waals surface area contributed by atoms with Gasteiger partial charge in [-0.15, -0.1) is 0 Å². The van der Waals surface area contributed by atoms with Gasteiger partial charge in [-0.05, 0) is 94.3 Å². The molecule has 0 aliphatic carbocycles. The molecule has 2 aromatic carbocycles. The third kappa shape index (κ3) is 15.2. The number of pyridine rings is 2. The van der Waals surface area contributed by atoms with Crippen molar-refractivity contribution in [2.45, 2.75) is 110 Å². The summed E-state index contributed by atoms with van der Waals surface area (Å²) in [6.45, 7) is 8.02. The Morgan fingerprint density at radius 2 is 1.46 bits per heavy atom. The summed E-state index contributed by atoms with van der Waals surface area (Å²) in [5.41, 5.74) is 16.9. The molecule has 0 bridgehead atoms. The Labute approximate surface area is 551 Å². The number of aromatic nitrogens is 9. The Hall–Kier alpha value is -11.4. The number of anilines is 2. The van der Waals surface area contributed by atoms with Crippen LogP contribution in [0.3, 0.4) is 0 Å². The number of aliphatic hydroxyl groups is 3. The second kappa shape index (κ2) is 29.5. The van der Waals surface area contributed by atoms with Crippen LogP contribution in [-0.2, 0) is 66.2 Å². The van der Waals surface area contributed by atoms with Crippen LogP contribution >= 0.6 is 0 Å². The fraction of sp³-hybridized carbons (Fsp3) is 0.344. The van der Waals surface area contributed by atoms with Crippen molar-refractivity contribution >= 4 is 98.1 Å². The number of fused-ring (bicyclic) bond motifs is 4. The molecule has 33 heteroatoms. The van der Waals surface area contributed by atoms with E-state index in [-0.39, 0.29) is 110 Å². The van der Waals surface area contributed by atoms with E-state index in [0.717, 1.165) is 33.8 Å². The average Bonchev–Trinajstić information content (AvgIpc) is 1.62. The molecule has 1 saturated heterocycles. The lowest BCUT2D eigenvalue weighted by molar-refractivity contribution is -0.271. The lowest BCUT2D eigenvalue weighted by Crippen LogP contribution is -2.61. The number of hydrogen-bond acceptors (Lipinski definition) is 21. The summed E-state index contributed by atoms with van der Waals surface area (Å²) < 4.78 is 30.1. The zero-order valence-corrected chi connectivity index (χ0v) is 53.2. The van der Waals surface area contributed by atoms with Crippen LogP contribution in [-0.4, -0.2) is 191 Å². The van der Waals surface area contributed by atoms with Gasteiger partial charge in [-0.2, -0.15) is 10.2 Å². The van der Waals surface area contributed by atoms with Crippen LogP contribution in [0.4, 0.5) is 16.4 Å². The van der Waals surface area contributed by atoms with Gasteiger partial charge in [-0.1, -0.05) is 18.2 Å². The maximum absolute atomic E-state index is 14.1. The van der Waals surface area contributed by atoms with Crippen molar-refractivity contribution in [1.29, 1.82) is 0 Å². The number of carbonyl (C=O) groups is 9. The van der Waals surface area contributed by atoms with Gasteiger partial charge in [-0.25, -0.2) is 24.5 Å². The number of aliphatic hydroxyl groups excluding tert-OH is 3. The molecular formula is C64H70N16O17. The van der Waals surface area contributed by atoms with E-state index >= 15 is 0 Å². The average molecular weight is 1340 g/mol. The van der Waals surface area contributed by atoms with Gasteiger partial charge < -0.3 is 75.5 Å². The molecule has 0 radical (unpaired) electrons. The molecule has 11 N–H and O–H groups in total. The normalized spacial score (nSPS) is 16.9. The Kier molecular flexibility index (Phi) is 20.8. The third-order valence-electron chi connectivity index (χ3n) is 15.9. The molecule has 508 valence electrons. The maximum Gasteiger partial charge on any atom is 0.409 e. The number of benzene rings is 2. The Balaban J connectivity index is 0.846. The fourth-order valence-electron chi connectivity index (χ4n) is 11.0. The van der Waals surface area contributed by atoms with Gasteiger partial charge in [0, 0.05) is 100 Å². The second-order valence-corrected chi connectivity index (χ2v) is 22.7. The minimum absolute atomic E-state index is 0.0438. The van der Waals surface area contributed by atoms with Gasteiger partial charge in [0.05, 0.1) is 46.2 Å².